The van der Waals surface area contributed by atoms with E-state index in [0.29, 0.717) is 6.42 Å². The average Bonchev–Trinajstić information content (AvgIpc) is 3.06. The molecule has 0 saturated carbocycles. The zero-order valence-electron chi connectivity index (χ0n) is 16.5. The van der Waals surface area contributed by atoms with E-state index in [-0.39, 0.29) is 25.2 Å². The number of amides is 1. The second kappa shape index (κ2) is 8.50. The van der Waals surface area contributed by atoms with Gasteiger partial charge in [-0.15, -0.1) is 0 Å². The van der Waals surface area contributed by atoms with Crippen LogP contribution in [-0.4, -0.2) is 24.4 Å². The van der Waals surface area contributed by atoms with Crippen molar-refractivity contribution < 1.29 is 14.6 Å². The van der Waals surface area contributed by atoms with Gasteiger partial charge >= 0.3 is 6.09 Å². The Morgan fingerprint density at radius 1 is 1.00 bits per heavy atom. The third-order valence-electron chi connectivity index (χ3n) is 5.50. The van der Waals surface area contributed by atoms with E-state index in [2.05, 4.69) is 29.6 Å². The van der Waals surface area contributed by atoms with Gasteiger partial charge in [-0.1, -0.05) is 78.4 Å². The maximum Gasteiger partial charge on any atom is 0.407 e. The molecule has 0 aromatic heterocycles. The number of carbonyl (C=O) groups excluding carboxylic acids is 1. The van der Waals surface area contributed by atoms with Crippen molar-refractivity contribution in [1.82, 2.24) is 5.32 Å². The maximum absolute atomic E-state index is 12.6. The number of nitrogens with one attached hydrogen (secondary N) is 1. The fraction of sp³-hybridized carbons (Fsp3) is 0.240. The smallest absolute Gasteiger partial charge is 0.407 e. The Hall–Kier alpha value is -3.11. The number of hydrogen-bond acceptors (Lipinski definition) is 3. The van der Waals surface area contributed by atoms with E-state index in [4.69, 9.17) is 4.74 Å². The summed E-state index contributed by atoms with van der Waals surface area (Å²) >= 11 is 0. The molecule has 4 heteroatoms. The third kappa shape index (κ3) is 4.03. The van der Waals surface area contributed by atoms with Gasteiger partial charge in [-0.3, -0.25) is 0 Å². The molecule has 1 aliphatic rings. The number of alkyl carbamates (subject to hydrolysis) is 1. The minimum Gasteiger partial charge on any atom is -0.449 e. The molecule has 29 heavy (non-hydrogen) atoms. The average molecular weight is 387 g/mol. The van der Waals surface area contributed by atoms with Crippen molar-refractivity contribution in [3.8, 4) is 11.1 Å². The summed E-state index contributed by atoms with van der Waals surface area (Å²) in [6.45, 7) is 2.27. The van der Waals surface area contributed by atoms with E-state index in [1.807, 2.05) is 55.5 Å². The number of hydrogen-bond donors (Lipinski definition) is 2. The molecule has 0 heterocycles. The first-order chi connectivity index (χ1) is 14.2. The minimum absolute atomic E-state index is 0.0116. The van der Waals surface area contributed by atoms with Crippen molar-refractivity contribution in [2.45, 2.75) is 25.3 Å². The Balaban J connectivity index is 1.47. The van der Waals surface area contributed by atoms with Crippen LogP contribution in [0.2, 0.25) is 0 Å². The largest absolute Gasteiger partial charge is 0.449 e. The van der Waals surface area contributed by atoms with Gasteiger partial charge in [0, 0.05) is 12.5 Å². The lowest BCUT2D eigenvalue weighted by Crippen LogP contribution is -2.31. The number of ether oxygens (including phenoxy) is 1. The first kappa shape index (κ1) is 19.2. The summed E-state index contributed by atoms with van der Waals surface area (Å²) in [7, 11) is 0. The van der Waals surface area contributed by atoms with Crippen LogP contribution >= 0.6 is 0 Å². The van der Waals surface area contributed by atoms with Gasteiger partial charge in [0.15, 0.2) is 0 Å². The Morgan fingerprint density at radius 2 is 1.66 bits per heavy atom. The summed E-state index contributed by atoms with van der Waals surface area (Å²) < 4.78 is 5.64. The van der Waals surface area contributed by atoms with Crippen molar-refractivity contribution in [3.05, 3.63) is 95.1 Å². The molecule has 1 atom stereocenters. The van der Waals surface area contributed by atoms with Gasteiger partial charge in [0.25, 0.3) is 0 Å². The van der Waals surface area contributed by atoms with Crippen LogP contribution in [0.25, 0.3) is 11.1 Å². The molecule has 0 unspecified atom stereocenters. The zero-order valence-corrected chi connectivity index (χ0v) is 16.5. The van der Waals surface area contributed by atoms with Crippen molar-refractivity contribution in [2.24, 2.45) is 0 Å². The van der Waals surface area contributed by atoms with Crippen molar-refractivity contribution >= 4 is 6.09 Å². The van der Waals surface area contributed by atoms with Crippen LogP contribution in [0.15, 0.2) is 72.8 Å². The SMILES string of the molecule is Cc1cccc([C@@H](CCO)NC(=O)OCC2c3ccccc3-c3ccccc32)c1. The quantitative estimate of drug-likeness (QED) is 0.629. The molecule has 1 aliphatic carbocycles. The number of aliphatic hydroxyl groups is 1. The molecule has 148 valence electrons. The van der Waals surface area contributed by atoms with Gasteiger partial charge in [-0.05, 0) is 41.2 Å². The van der Waals surface area contributed by atoms with Crippen LogP contribution in [0.1, 0.15) is 40.6 Å². The Bertz CT molecular complexity index is 969. The molecule has 4 nitrogen and oxygen atoms in total. The number of rotatable bonds is 6. The maximum atomic E-state index is 12.6. The normalized spacial score (nSPS) is 13.4. The first-order valence-corrected chi connectivity index (χ1v) is 9.96. The molecule has 2 N–H and O–H groups in total. The summed E-state index contributed by atoms with van der Waals surface area (Å²) in [5.41, 5.74) is 6.86. The number of benzene rings is 3. The molecule has 0 fully saturated rings. The molecule has 0 aliphatic heterocycles. The second-order valence-electron chi connectivity index (χ2n) is 7.45. The summed E-state index contributed by atoms with van der Waals surface area (Å²) in [4.78, 5) is 12.6. The monoisotopic (exact) mass is 387 g/mol. The van der Waals surface area contributed by atoms with E-state index in [1.54, 1.807) is 0 Å². The first-order valence-electron chi connectivity index (χ1n) is 9.96. The van der Waals surface area contributed by atoms with Gasteiger partial charge in [0.2, 0.25) is 0 Å². The minimum atomic E-state index is -0.466. The summed E-state index contributed by atoms with van der Waals surface area (Å²) in [5.74, 6) is 0.0309. The molecule has 4 rings (SSSR count). The molecular weight excluding hydrogens is 362 g/mol. The standard InChI is InChI=1S/C25H25NO3/c1-17-7-6-8-18(15-17)24(13-14-27)26-25(28)29-16-23-21-11-4-2-9-19(21)20-10-3-5-12-22(20)23/h2-12,15,23-24,27H,13-14,16H2,1H3,(H,26,28)/t24-/m1/s1. The topological polar surface area (TPSA) is 58.6 Å². The van der Waals surface area contributed by atoms with Gasteiger partial charge in [0.05, 0.1) is 6.04 Å². The molecule has 0 spiro atoms. The molecule has 0 saturated heterocycles. The van der Waals surface area contributed by atoms with Crippen molar-refractivity contribution in [3.63, 3.8) is 0 Å². The zero-order chi connectivity index (χ0) is 20.2. The Morgan fingerprint density at radius 3 is 2.28 bits per heavy atom. The Labute approximate surface area is 171 Å². The summed E-state index contributed by atoms with van der Waals surface area (Å²) in [6, 6.07) is 24.2. The van der Waals surface area contributed by atoms with Crippen LogP contribution < -0.4 is 5.32 Å². The van der Waals surface area contributed by atoms with Gasteiger partial charge in [-0.2, -0.15) is 0 Å². The van der Waals surface area contributed by atoms with Gasteiger partial charge < -0.3 is 15.2 Å². The molecule has 0 radical (unpaired) electrons. The van der Waals surface area contributed by atoms with Gasteiger partial charge in [-0.25, -0.2) is 4.79 Å². The number of aryl methyl sites for hydroxylation is 1. The fourth-order valence-corrected chi connectivity index (χ4v) is 4.12. The van der Waals surface area contributed by atoms with E-state index in [9.17, 15) is 9.90 Å². The van der Waals surface area contributed by atoms with E-state index in [1.165, 1.54) is 22.3 Å². The van der Waals surface area contributed by atoms with E-state index in [0.717, 1.165) is 11.1 Å². The predicted molar refractivity (Wildman–Crippen MR) is 114 cm³/mol. The highest BCUT2D eigenvalue weighted by Crippen LogP contribution is 2.44. The highest BCUT2D eigenvalue weighted by Gasteiger charge is 2.29. The van der Waals surface area contributed by atoms with Crippen LogP contribution in [0, 0.1) is 6.92 Å². The third-order valence-corrected chi connectivity index (χ3v) is 5.50. The summed E-state index contributed by atoms with van der Waals surface area (Å²) in [5, 5.41) is 12.3. The predicted octanol–water partition coefficient (Wildman–Crippen LogP) is 4.96. The summed E-state index contributed by atoms with van der Waals surface area (Å²) in [6.07, 6.45) is -0.0278. The van der Waals surface area contributed by atoms with E-state index < -0.39 is 6.09 Å². The highest BCUT2D eigenvalue weighted by molar-refractivity contribution is 5.79. The lowest BCUT2D eigenvalue weighted by Gasteiger charge is -2.20. The second-order valence-corrected chi connectivity index (χ2v) is 7.45. The van der Waals surface area contributed by atoms with Gasteiger partial charge in [0.1, 0.15) is 6.61 Å². The molecule has 3 aromatic carbocycles. The van der Waals surface area contributed by atoms with E-state index >= 15 is 0 Å². The van der Waals surface area contributed by atoms with Crippen LogP contribution in [-0.2, 0) is 4.74 Å². The molecule has 1 amide bonds. The van der Waals surface area contributed by atoms with Crippen LogP contribution in [0.3, 0.4) is 0 Å². The fourth-order valence-electron chi connectivity index (χ4n) is 4.12. The molecule has 3 aromatic rings. The Kier molecular flexibility index (Phi) is 5.63. The van der Waals surface area contributed by atoms with Crippen molar-refractivity contribution in [1.29, 1.82) is 0 Å². The molecular formula is C25H25NO3. The molecule has 0 bridgehead atoms. The number of fused-ring (bicyclic) bond motifs is 3. The van der Waals surface area contributed by atoms with Crippen LogP contribution in [0.4, 0.5) is 4.79 Å². The lowest BCUT2D eigenvalue weighted by molar-refractivity contribution is 0.136. The highest BCUT2D eigenvalue weighted by atomic mass is 16.5. The van der Waals surface area contributed by atoms with Crippen LogP contribution in [0.5, 0.6) is 0 Å². The number of carbonyl (C=O) groups is 1. The lowest BCUT2D eigenvalue weighted by atomic mass is 9.98. The van der Waals surface area contributed by atoms with Crippen molar-refractivity contribution in [2.75, 3.05) is 13.2 Å². The number of aliphatic hydroxyl groups excluding tert-OH is 1.